The van der Waals surface area contributed by atoms with Crippen LogP contribution in [0.2, 0.25) is 0 Å². The third-order valence-corrected chi connectivity index (χ3v) is 5.25. The number of hydrogen-bond donors (Lipinski definition) is 3. The molecule has 1 aliphatic rings. The molecule has 0 unspecified atom stereocenters. The Hall–Kier alpha value is -3.52. The Labute approximate surface area is 173 Å². The van der Waals surface area contributed by atoms with E-state index >= 15 is 0 Å². The van der Waals surface area contributed by atoms with Crippen molar-refractivity contribution in [3.63, 3.8) is 0 Å². The molecule has 1 aliphatic carbocycles. The number of aromatic nitrogens is 3. The first-order valence-electron chi connectivity index (χ1n) is 9.55. The molecule has 3 N–H and O–H groups in total. The van der Waals surface area contributed by atoms with Crippen molar-refractivity contribution in [1.29, 1.82) is 5.26 Å². The van der Waals surface area contributed by atoms with Gasteiger partial charge in [-0.05, 0) is 49.6 Å². The first kappa shape index (κ1) is 20.7. The number of H-pyrrole nitrogens is 1. The third kappa shape index (κ3) is 4.34. The zero-order valence-electron chi connectivity index (χ0n) is 16.1. The number of ether oxygens (including phenoxy) is 1. The highest BCUT2D eigenvalue weighted by molar-refractivity contribution is 5.91. The highest BCUT2D eigenvalue weighted by Gasteiger charge is 2.33. The van der Waals surface area contributed by atoms with Gasteiger partial charge in [0.25, 0.3) is 5.56 Å². The first-order chi connectivity index (χ1) is 14.7. The maximum absolute atomic E-state index is 12.5. The van der Waals surface area contributed by atoms with Crippen LogP contribution in [0.3, 0.4) is 0 Å². The van der Waals surface area contributed by atoms with Crippen molar-refractivity contribution in [3.05, 3.63) is 46.9 Å². The Morgan fingerprint density at radius 1 is 1.26 bits per heavy atom. The molecule has 3 atom stereocenters. The molecule has 0 spiro atoms. The maximum Gasteiger partial charge on any atom is 0.573 e. The molecule has 1 fully saturated rings. The average molecular weight is 433 g/mol. The van der Waals surface area contributed by atoms with E-state index in [1.54, 1.807) is 10.7 Å². The van der Waals surface area contributed by atoms with Gasteiger partial charge in [-0.25, -0.2) is 0 Å². The molecule has 1 aromatic carbocycles. The van der Waals surface area contributed by atoms with Gasteiger partial charge in [-0.15, -0.1) is 13.2 Å². The predicted molar refractivity (Wildman–Crippen MR) is 105 cm³/mol. The summed E-state index contributed by atoms with van der Waals surface area (Å²) in [4.78, 5) is 15.1. The Kier molecular flexibility index (Phi) is 5.32. The van der Waals surface area contributed by atoms with E-state index in [0.29, 0.717) is 30.5 Å². The number of aliphatic hydroxyl groups is 1. The molecular weight excluding hydrogens is 415 g/mol. The highest BCUT2D eigenvalue weighted by Crippen LogP contribution is 2.37. The molecule has 8 nitrogen and oxygen atoms in total. The molecule has 0 bridgehead atoms. The molecule has 11 heteroatoms. The van der Waals surface area contributed by atoms with E-state index in [0.717, 1.165) is 12.1 Å². The first-order valence-corrected chi connectivity index (χ1v) is 9.55. The largest absolute Gasteiger partial charge is 0.573 e. The van der Waals surface area contributed by atoms with Crippen molar-refractivity contribution in [2.75, 3.05) is 5.32 Å². The zero-order chi connectivity index (χ0) is 22.2. The molecule has 0 saturated heterocycles. The standard InChI is InChI=1S/C20H18F3N5O3/c21-20(22,23)31-14-4-1-12(2-5-14)26-18-17-16(7-8-25-19(17)30)28(27-18)15-6-3-13(29)9-11(15)10-24/h1-2,4-5,7-8,11,13,15,29H,3,6,9H2,(H,25,30)(H,26,27)/t11-,13-,15+/m1/s1. The number of hydrogen-bond acceptors (Lipinski definition) is 6. The summed E-state index contributed by atoms with van der Waals surface area (Å²) in [7, 11) is 0. The number of nitrogens with one attached hydrogen (secondary N) is 2. The normalized spacial score (nSPS) is 21.6. The van der Waals surface area contributed by atoms with Gasteiger partial charge in [0, 0.05) is 11.9 Å². The summed E-state index contributed by atoms with van der Waals surface area (Å²) >= 11 is 0. The minimum atomic E-state index is -4.79. The molecule has 162 valence electrons. The van der Waals surface area contributed by atoms with Crippen molar-refractivity contribution in [1.82, 2.24) is 14.8 Å². The van der Waals surface area contributed by atoms with E-state index in [2.05, 4.69) is 26.2 Å². The van der Waals surface area contributed by atoms with E-state index in [1.807, 2.05) is 0 Å². The van der Waals surface area contributed by atoms with Crippen LogP contribution in [0.4, 0.5) is 24.7 Å². The van der Waals surface area contributed by atoms with Gasteiger partial charge in [-0.2, -0.15) is 10.4 Å². The highest BCUT2D eigenvalue weighted by atomic mass is 19.4. The summed E-state index contributed by atoms with van der Waals surface area (Å²) < 4.78 is 42.5. The van der Waals surface area contributed by atoms with Crippen LogP contribution in [0.1, 0.15) is 25.3 Å². The second-order valence-corrected chi connectivity index (χ2v) is 7.33. The lowest BCUT2D eigenvalue weighted by Crippen LogP contribution is -2.29. The molecule has 0 radical (unpaired) electrons. The van der Waals surface area contributed by atoms with E-state index in [-0.39, 0.29) is 23.0 Å². The van der Waals surface area contributed by atoms with Crippen molar-refractivity contribution >= 4 is 22.4 Å². The summed E-state index contributed by atoms with van der Waals surface area (Å²) in [6, 6.07) is 8.60. The number of alkyl halides is 3. The van der Waals surface area contributed by atoms with Gasteiger partial charge < -0.3 is 20.1 Å². The van der Waals surface area contributed by atoms with Crippen molar-refractivity contribution in [2.45, 2.75) is 37.8 Å². The van der Waals surface area contributed by atoms with E-state index in [9.17, 15) is 28.3 Å². The lowest BCUT2D eigenvalue weighted by atomic mass is 9.84. The fourth-order valence-corrected chi connectivity index (χ4v) is 3.88. The second kappa shape index (κ2) is 7.96. The molecular formula is C20H18F3N5O3. The van der Waals surface area contributed by atoms with Crippen LogP contribution in [0, 0.1) is 17.2 Å². The number of anilines is 2. The summed E-state index contributed by atoms with van der Waals surface area (Å²) in [5, 5.41) is 27.2. The number of aromatic amines is 1. The van der Waals surface area contributed by atoms with Crippen LogP contribution in [-0.2, 0) is 0 Å². The minimum absolute atomic E-state index is 0.212. The number of aliphatic hydroxyl groups excluding tert-OH is 1. The Morgan fingerprint density at radius 3 is 2.68 bits per heavy atom. The number of nitrogens with zero attached hydrogens (tertiary/aromatic N) is 3. The zero-order valence-corrected chi connectivity index (χ0v) is 16.1. The number of halogens is 3. The molecule has 3 aromatic rings. The summed E-state index contributed by atoms with van der Waals surface area (Å²) in [5.74, 6) is -0.633. The summed E-state index contributed by atoms with van der Waals surface area (Å²) in [6.45, 7) is 0. The van der Waals surface area contributed by atoms with Crippen LogP contribution in [-0.4, -0.2) is 32.3 Å². The third-order valence-electron chi connectivity index (χ3n) is 5.25. The Bertz CT molecular complexity index is 1180. The Morgan fingerprint density at radius 2 is 2.00 bits per heavy atom. The molecule has 4 rings (SSSR count). The minimum Gasteiger partial charge on any atom is -0.406 e. The van der Waals surface area contributed by atoms with E-state index < -0.39 is 23.9 Å². The lowest BCUT2D eigenvalue weighted by Gasteiger charge is -2.30. The van der Waals surface area contributed by atoms with Crippen LogP contribution in [0.25, 0.3) is 10.9 Å². The van der Waals surface area contributed by atoms with Gasteiger partial charge >= 0.3 is 6.36 Å². The van der Waals surface area contributed by atoms with Crippen LogP contribution < -0.4 is 15.6 Å². The maximum atomic E-state index is 12.5. The van der Waals surface area contributed by atoms with Gasteiger partial charge in [0.15, 0.2) is 5.82 Å². The number of fused-ring (bicyclic) bond motifs is 1. The van der Waals surface area contributed by atoms with Crippen LogP contribution in [0.5, 0.6) is 5.75 Å². The predicted octanol–water partition coefficient (Wildman–Crippen LogP) is 3.59. The SMILES string of the molecule is N#C[C@H]1C[C@H](O)CC[C@@H]1n1nc(Nc2ccc(OC(F)(F)F)cc2)c2c(=O)[nH]ccc21. The number of nitriles is 1. The van der Waals surface area contributed by atoms with Gasteiger partial charge in [0.05, 0.1) is 29.6 Å². The topological polar surface area (TPSA) is 116 Å². The number of benzene rings is 1. The van der Waals surface area contributed by atoms with Gasteiger partial charge in [-0.3, -0.25) is 9.48 Å². The molecule has 2 aromatic heterocycles. The lowest BCUT2D eigenvalue weighted by molar-refractivity contribution is -0.274. The molecule has 1 saturated carbocycles. The summed E-state index contributed by atoms with van der Waals surface area (Å²) in [5.41, 5.74) is 0.526. The fraction of sp³-hybridized carbons (Fsp3) is 0.350. The van der Waals surface area contributed by atoms with Crippen molar-refractivity contribution < 1.29 is 23.0 Å². The Balaban J connectivity index is 1.69. The fourth-order valence-electron chi connectivity index (χ4n) is 3.88. The quantitative estimate of drug-likeness (QED) is 0.579. The molecule has 2 heterocycles. The number of pyridine rings is 1. The van der Waals surface area contributed by atoms with Gasteiger partial charge in [0.1, 0.15) is 11.1 Å². The van der Waals surface area contributed by atoms with Gasteiger partial charge in [-0.1, -0.05) is 0 Å². The summed E-state index contributed by atoms with van der Waals surface area (Å²) in [6.07, 6.45) is -2.52. The van der Waals surface area contributed by atoms with Crippen molar-refractivity contribution in [3.8, 4) is 11.8 Å². The van der Waals surface area contributed by atoms with Crippen LogP contribution >= 0.6 is 0 Å². The van der Waals surface area contributed by atoms with E-state index in [1.165, 1.54) is 18.3 Å². The average Bonchev–Trinajstić information content (AvgIpc) is 3.07. The van der Waals surface area contributed by atoms with Crippen molar-refractivity contribution in [2.24, 2.45) is 5.92 Å². The number of rotatable bonds is 4. The van der Waals surface area contributed by atoms with E-state index in [4.69, 9.17) is 0 Å². The smallest absolute Gasteiger partial charge is 0.406 e. The van der Waals surface area contributed by atoms with Gasteiger partial charge in [0.2, 0.25) is 0 Å². The molecule has 0 amide bonds. The second-order valence-electron chi connectivity index (χ2n) is 7.33. The van der Waals surface area contributed by atoms with Crippen LogP contribution in [0.15, 0.2) is 41.3 Å². The monoisotopic (exact) mass is 433 g/mol. The molecule has 31 heavy (non-hydrogen) atoms. The molecule has 0 aliphatic heterocycles.